The van der Waals surface area contributed by atoms with Gasteiger partial charge in [-0.2, -0.15) is 13.2 Å². The highest BCUT2D eigenvalue weighted by atomic mass is 19.4. The van der Waals surface area contributed by atoms with E-state index in [1.165, 1.54) is 27.8 Å². The number of halogens is 3. The minimum atomic E-state index is -4.19. The molecular formula is C29H35F3. The summed E-state index contributed by atoms with van der Waals surface area (Å²) in [5.41, 5.74) is 6.71. The monoisotopic (exact) mass is 440 g/mol. The number of rotatable bonds is 8. The van der Waals surface area contributed by atoms with E-state index in [2.05, 4.69) is 101 Å². The first-order chi connectivity index (χ1) is 15.1. The summed E-state index contributed by atoms with van der Waals surface area (Å²) >= 11 is 0. The van der Waals surface area contributed by atoms with Gasteiger partial charge >= 0.3 is 6.18 Å². The maximum Gasteiger partial charge on any atom is 0.409 e. The minimum Gasteiger partial charge on any atom is -0.167 e. The molecule has 0 aromatic heterocycles. The van der Waals surface area contributed by atoms with Crippen molar-refractivity contribution in [3.63, 3.8) is 0 Å². The third-order valence-corrected chi connectivity index (χ3v) is 5.34. The van der Waals surface area contributed by atoms with Crippen molar-refractivity contribution in [1.82, 2.24) is 0 Å². The molecule has 3 heteroatoms. The number of hydrogen-bond donors (Lipinski definition) is 0. The van der Waals surface area contributed by atoms with Crippen LogP contribution in [0.4, 0.5) is 13.2 Å². The van der Waals surface area contributed by atoms with Gasteiger partial charge in [0.15, 0.2) is 0 Å². The van der Waals surface area contributed by atoms with Gasteiger partial charge in [-0.3, -0.25) is 0 Å². The summed E-state index contributed by atoms with van der Waals surface area (Å²) in [5, 5.41) is 0. The summed E-state index contributed by atoms with van der Waals surface area (Å²) in [4.78, 5) is 0. The van der Waals surface area contributed by atoms with Crippen LogP contribution in [0.5, 0.6) is 0 Å². The van der Waals surface area contributed by atoms with Crippen molar-refractivity contribution in [2.75, 3.05) is 0 Å². The molecule has 2 rings (SSSR count). The highest BCUT2D eigenvalue weighted by molar-refractivity contribution is 5.37. The van der Waals surface area contributed by atoms with Crippen LogP contribution in [0.1, 0.15) is 49.3 Å². The zero-order chi connectivity index (χ0) is 24.1. The molecule has 1 aliphatic carbocycles. The quantitative estimate of drug-likeness (QED) is 0.354. The highest BCUT2D eigenvalue weighted by Gasteiger charge is 2.19. The fourth-order valence-corrected chi connectivity index (χ4v) is 3.22. The first-order valence-electron chi connectivity index (χ1n) is 10.8. The predicted molar refractivity (Wildman–Crippen MR) is 133 cm³/mol. The fourth-order valence-electron chi connectivity index (χ4n) is 3.22. The largest absolute Gasteiger partial charge is 0.409 e. The van der Waals surface area contributed by atoms with Crippen LogP contribution >= 0.6 is 0 Å². The molecule has 2 atom stereocenters. The van der Waals surface area contributed by atoms with Gasteiger partial charge in [-0.05, 0) is 55.7 Å². The molecule has 2 unspecified atom stereocenters. The first kappa shape index (κ1) is 27.2. The average Bonchev–Trinajstić information content (AvgIpc) is 2.95. The molecule has 0 amide bonds. The van der Waals surface area contributed by atoms with Crippen molar-refractivity contribution in [2.24, 2.45) is 5.92 Å². The van der Waals surface area contributed by atoms with Crippen LogP contribution in [-0.4, -0.2) is 6.18 Å². The molecule has 0 aliphatic heterocycles. The topological polar surface area (TPSA) is 0 Å². The van der Waals surface area contributed by atoms with Crippen molar-refractivity contribution in [3.05, 3.63) is 120 Å². The SMILES string of the molecule is C=CC(F)(F)F.C=CC/C=C\Cc1ccc(C(C)C(=C)CC2C=CC=C(C)C=C2)cc1C. The number of allylic oxidation sites excluding steroid dienone is 11. The Balaban J connectivity index is 0.000000751. The average molecular weight is 441 g/mol. The summed E-state index contributed by atoms with van der Waals surface area (Å²) in [5.74, 6) is 0.812. The van der Waals surface area contributed by atoms with E-state index >= 15 is 0 Å². The molecule has 0 radical (unpaired) electrons. The Morgan fingerprint density at radius 3 is 2.41 bits per heavy atom. The van der Waals surface area contributed by atoms with Gasteiger partial charge in [0.25, 0.3) is 0 Å². The number of alkyl halides is 3. The van der Waals surface area contributed by atoms with E-state index < -0.39 is 6.18 Å². The van der Waals surface area contributed by atoms with Crippen molar-refractivity contribution in [3.8, 4) is 0 Å². The van der Waals surface area contributed by atoms with Crippen molar-refractivity contribution in [2.45, 2.75) is 52.1 Å². The van der Waals surface area contributed by atoms with Crippen LogP contribution in [0, 0.1) is 12.8 Å². The van der Waals surface area contributed by atoms with E-state index in [0.29, 0.717) is 11.8 Å². The Labute approximate surface area is 191 Å². The molecule has 1 aliphatic rings. The number of hydrogen-bond acceptors (Lipinski definition) is 0. The maximum atomic E-state index is 10.7. The summed E-state index contributed by atoms with van der Waals surface area (Å²) in [6, 6.07) is 6.87. The van der Waals surface area contributed by atoms with Gasteiger partial charge in [0.2, 0.25) is 0 Å². The van der Waals surface area contributed by atoms with Crippen molar-refractivity contribution in [1.29, 1.82) is 0 Å². The van der Waals surface area contributed by atoms with Gasteiger partial charge in [-0.25, -0.2) is 0 Å². The third-order valence-electron chi connectivity index (χ3n) is 5.34. The Bertz CT molecular complexity index is 891. The van der Waals surface area contributed by atoms with E-state index in [1.54, 1.807) is 0 Å². The molecule has 172 valence electrons. The zero-order valence-corrected chi connectivity index (χ0v) is 19.5. The van der Waals surface area contributed by atoms with Gasteiger partial charge in [-0.15, -0.1) is 6.58 Å². The zero-order valence-electron chi connectivity index (χ0n) is 19.5. The summed E-state index contributed by atoms with van der Waals surface area (Å²) in [6.45, 7) is 17.3. The summed E-state index contributed by atoms with van der Waals surface area (Å²) in [6.07, 6.45) is 16.1. The second kappa shape index (κ2) is 13.6. The third kappa shape index (κ3) is 10.5. The second-order valence-corrected chi connectivity index (χ2v) is 8.03. The lowest BCUT2D eigenvalue weighted by molar-refractivity contribution is -0.0795. The van der Waals surface area contributed by atoms with Gasteiger partial charge in [0, 0.05) is 12.0 Å². The predicted octanol–water partition coefficient (Wildman–Crippen LogP) is 9.14. The second-order valence-electron chi connectivity index (χ2n) is 8.03. The van der Waals surface area contributed by atoms with Crippen molar-refractivity contribution < 1.29 is 13.2 Å². The smallest absolute Gasteiger partial charge is 0.167 e. The lowest BCUT2D eigenvalue weighted by Gasteiger charge is -2.19. The van der Waals surface area contributed by atoms with Gasteiger partial charge in [0.1, 0.15) is 0 Å². The molecule has 0 saturated heterocycles. The van der Waals surface area contributed by atoms with Crippen LogP contribution < -0.4 is 0 Å². The Hall–Kier alpha value is -2.81. The standard InChI is InChI=1S/C26H32.C3H3F3/c1-6-7-8-9-13-25-16-17-26(19-22(25)4)23(5)21(3)18-24-12-10-11-20(2)14-15-24;1-2-3(4,5)6/h6,8-12,14-17,19,23-24H,1,3,7,13,18H2,2,4-5H3;2H,1H2/b9-8-;. The molecular weight excluding hydrogens is 405 g/mol. The normalized spacial score (nSPS) is 16.6. The van der Waals surface area contributed by atoms with E-state index in [1.807, 2.05) is 6.08 Å². The van der Waals surface area contributed by atoms with Crippen molar-refractivity contribution >= 4 is 0 Å². The van der Waals surface area contributed by atoms with Gasteiger partial charge < -0.3 is 0 Å². The number of benzene rings is 1. The number of aryl methyl sites for hydroxylation is 1. The van der Waals surface area contributed by atoms with E-state index in [-0.39, 0.29) is 6.08 Å². The van der Waals surface area contributed by atoms with E-state index in [0.717, 1.165) is 19.3 Å². The summed E-state index contributed by atoms with van der Waals surface area (Å²) < 4.78 is 32.0. The van der Waals surface area contributed by atoms with Crippen LogP contribution in [-0.2, 0) is 6.42 Å². The molecule has 0 heterocycles. The van der Waals surface area contributed by atoms with E-state index in [4.69, 9.17) is 0 Å². The molecule has 0 saturated carbocycles. The molecule has 0 bridgehead atoms. The molecule has 0 nitrogen and oxygen atoms in total. The Morgan fingerprint density at radius 2 is 1.81 bits per heavy atom. The molecule has 1 aromatic carbocycles. The molecule has 32 heavy (non-hydrogen) atoms. The Kier molecular flexibility index (Phi) is 11.5. The van der Waals surface area contributed by atoms with Crippen LogP contribution in [0.2, 0.25) is 0 Å². The molecule has 1 aromatic rings. The van der Waals surface area contributed by atoms with Crippen LogP contribution in [0.15, 0.2) is 104 Å². The van der Waals surface area contributed by atoms with E-state index in [9.17, 15) is 13.2 Å². The highest BCUT2D eigenvalue weighted by Crippen LogP contribution is 2.30. The van der Waals surface area contributed by atoms with Gasteiger partial charge in [0.05, 0.1) is 0 Å². The first-order valence-corrected chi connectivity index (χ1v) is 10.8. The lowest BCUT2D eigenvalue weighted by Crippen LogP contribution is -2.03. The maximum absolute atomic E-state index is 10.7. The van der Waals surface area contributed by atoms with Gasteiger partial charge in [-0.1, -0.05) is 98.0 Å². The molecule has 0 spiro atoms. The minimum absolute atomic E-state index is 0.0625. The fraction of sp³-hybridized carbons (Fsp3) is 0.310. The molecule has 0 N–H and O–H groups in total. The lowest BCUT2D eigenvalue weighted by atomic mass is 9.86. The molecule has 0 fully saturated rings. The summed E-state index contributed by atoms with van der Waals surface area (Å²) in [7, 11) is 0. The van der Waals surface area contributed by atoms with Crippen LogP contribution in [0.25, 0.3) is 0 Å². The Morgan fingerprint density at radius 1 is 1.12 bits per heavy atom. The van der Waals surface area contributed by atoms with Crippen LogP contribution in [0.3, 0.4) is 0 Å².